The quantitative estimate of drug-likeness (QED) is 0.714. The number of amides is 2. The van der Waals surface area contributed by atoms with Crippen molar-refractivity contribution < 1.29 is 9.59 Å². The van der Waals surface area contributed by atoms with Gasteiger partial charge in [-0.3, -0.25) is 9.59 Å². The van der Waals surface area contributed by atoms with Gasteiger partial charge in [0.05, 0.1) is 5.75 Å². The van der Waals surface area contributed by atoms with Crippen LogP contribution in [0.3, 0.4) is 0 Å². The second-order valence-electron chi connectivity index (χ2n) is 6.02. The van der Waals surface area contributed by atoms with Gasteiger partial charge in [-0.1, -0.05) is 30.2 Å². The topological polar surface area (TPSA) is 49.4 Å². The summed E-state index contributed by atoms with van der Waals surface area (Å²) in [6, 6.07) is 7.69. The standard InChI is InChI=1S/C18H25ClN2O2S/c19-16-7-4-6-15(12-16)13-24-14-17(22)20-9-5-11-21-10-3-1-2-8-18(21)23/h4,6-7,12H,1-3,5,8-11,13-14H2,(H,20,22). The number of likely N-dealkylation sites (tertiary alicyclic amines) is 1. The van der Waals surface area contributed by atoms with Gasteiger partial charge < -0.3 is 10.2 Å². The highest BCUT2D eigenvalue weighted by Crippen LogP contribution is 2.16. The van der Waals surface area contributed by atoms with Crippen molar-refractivity contribution in [2.75, 3.05) is 25.4 Å². The molecule has 132 valence electrons. The Balaban J connectivity index is 1.55. The average molecular weight is 369 g/mol. The number of carbonyl (C=O) groups excluding carboxylic acids is 2. The van der Waals surface area contributed by atoms with Crippen molar-refractivity contribution >= 4 is 35.2 Å². The highest BCUT2D eigenvalue weighted by Gasteiger charge is 2.15. The van der Waals surface area contributed by atoms with Crippen LogP contribution in [0, 0.1) is 0 Å². The molecule has 0 aliphatic carbocycles. The number of hydrogen-bond acceptors (Lipinski definition) is 3. The Morgan fingerprint density at radius 3 is 3.00 bits per heavy atom. The molecular weight excluding hydrogens is 344 g/mol. The third-order valence-electron chi connectivity index (χ3n) is 3.99. The third kappa shape index (κ3) is 7.14. The summed E-state index contributed by atoms with van der Waals surface area (Å²) in [6.45, 7) is 2.23. The molecule has 24 heavy (non-hydrogen) atoms. The first-order valence-electron chi connectivity index (χ1n) is 8.52. The molecule has 0 aromatic heterocycles. The lowest BCUT2D eigenvalue weighted by atomic mass is 10.2. The van der Waals surface area contributed by atoms with Crippen LogP contribution < -0.4 is 5.32 Å². The fraction of sp³-hybridized carbons (Fsp3) is 0.556. The van der Waals surface area contributed by atoms with Gasteiger partial charge >= 0.3 is 0 Å². The fourth-order valence-corrected chi connectivity index (χ4v) is 3.73. The number of benzene rings is 1. The summed E-state index contributed by atoms with van der Waals surface area (Å²) in [6.07, 6.45) is 4.74. The Labute approximate surface area is 153 Å². The largest absolute Gasteiger partial charge is 0.355 e. The Morgan fingerprint density at radius 2 is 2.17 bits per heavy atom. The minimum atomic E-state index is 0.0456. The van der Waals surface area contributed by atoms with Crippen LogP contribution in [0.4, 0.5) is 0 Å². The zero-order valence-corrected chi connectivity index (χ0v) is 15.5. The molecule has 4 nitrogen and oxygen atoms in total. The molecule has 1 aromatic rings. The van der Waals surface area contributed by atoms with Gasteiger partial charge in [-0.25, -0.2) is 0 Å². The van der Waals surface area contributed by atoms with E-state index in [-0.39, 0.29) is 11.8 Å². The summed E-state index contributed by atoms with van der Waals surface area (Å²) in [4.78, 5) is 25.6. The van der Waals surface area contributed by atoms with Crippen LogP contribution in [0.2, 0.25) is 5.02 Å². The molecule has 0 bridgehead atoms. The first kappa shape index (κ1) is 19.1. The normalized spacial score (nSPS) is 15.2. The summed E-state index contributed by atoms with van der Waals surface area (Å²) in [5.74, 6) is 1.52. The zero-order valence-electron chi connectivity index (χ0n) is 13.9. The van der Waals surface area contributed by atoms with E-state index in [1.54, 1.807) is 11.8 Å². The third-order valence-corrected chi connectivity index (χ3v) is 5.23. The molecule has 1 heterocycles. The van der Waals surface area contributed by atoms with Gasteiger partial charge in [-0.05, 0) is 37.0 Å². The minimum Gasteiger partial charge on any atom is -0.355 e. The molecule has 1 saturated heterocycles. The summed E-state index contributed by atoms with van der Waals surface area (Å²) >= 11 is 7.52. The highest BCUT2D eigenvalue weighted by atomic mass is 35.5. The molecule has 0 unspecified atom stereocenters. The molecule has 2 amide bonds. The molecule has 0 saturated carbocycles. The molecule has 0 atom stereocenters. The SMILES string of the molecule is O=C(CSCc1cccc(Cl)c1)NCCCN1CCCCCC1=O. The molecular formula is C18H25ClN2O2S. The van der Waals surface area contributed by atoms with Crippen molar-refractivity contribution in [1.82, 2.24) is 10.2 Å². The van der Waals surface area contributed by atoms with Gasteiger partial charge in [0, 0.05) is 36.8 Å². The fourth-order valence-electron chi connectivity index (χ4n) is 2.71. The molecule has 1 fully saturated rings. The lowest BCUT2D eigenvalue weighted by molar-refractivity contribution is -0.130. The van der Waals surface area contributed by atoms with Gasteiger partial charge in [-0.2, -0.15) is 0 Å². The van der Waals surface area contributed by atoms with Crippen LogP contribution in [-0.2, 0) is 15.3 Å². The Kier molecular flexibility index (Phi) is 8.47. The van der Waals surface area contributed by atoms with Gasteiger partial charge in [-0.15, -0.1) is 11.8 Å². The summed E-state index contributed by atoms with van der Waals surface area (Å²) in [5.41, 5.74) is 1.12. The van der Waals surface area contributed by atoms with Crippen LogP contribution in [0.15, 0.2) is 24.3 Å². The van der Waals surface area contributed by atoms with Gasteiger partial charge in [0.1, 0.15) is 0 Å². The number of nitrogens with one attached hydrogen (secondary N) is 1. The number of halogens is 1. The number of carbonyl (C=O) groups is 2. The number of rotatable bonds is 8. The van der Waals surface area contributed by atoms with Crippen LogP contribution in [-0.4, -0.2) is 42.1 Å². The number of thioether (sulfide) groups is 1. The van der Waals surface area contributed by atoms with E-state index in [1.807, 2.05) is 29.2 Å². The molecule has 1 aromatic carbocycles. The van der Waals surface area contributed by atoms with E-state index >= 15 is 0 Å². The summed E-state index contributed by atoms with van der Waals surface area (Å²) in [5, 5.41) is 3.65. The zero-order chi connectivity index (χ0) is 17.2. The number of hydrogen-bond donors (Lipinski definition) is 1. The molecule has 0 spiro atoms. The monoisotopic (exact) mass is 368 g/mol. The van der Waals surface area contributed by atoms with Crippen molar-refractivity contribution in [3.63, 3.8) is 0 Å². The van der Waals surface area contributed by atoms with E-state index in [9.17, 15) is 9.59 Å². The van der Waals surface area contributed by atoms with E-state index < -0.39 is 0 Å². The predicted octanol–water partition coefficient (Wildman–Crippen LogP) is 3.48. The van der Waals surface area contributed by atoms with Crippen molar-refractivity contribution in [2.45, 2.75) is 37.9 Å². The second kappa shape index (κ2) is 10.6. The van der Waals surface area contributed by atoms with Crippen LogP contribution in [0.25, 0.3) is 0 Å². The highest BCUT2D eigenvalue weighted by molar-refractivity contribution is 7.99. The van der Waals surface area contributed by atoms with Crippen molar-refractivity contribution in [2.24, 2.45) is 0 Å². The molecule has 2 rings (SSSR count). The average Bonchev–Trinajstić information content (AvgIpc) is 2.76. The number of nitrogens with zero attached hydrogens (tertiary/aromatic N) is 1. The van der Waals surface area contributed by atoms with Crippen LogP contribution >= 0.6 is 23.4 Å². The maximum atomic E-state index is 11.9. The molecule has 1 N–H and O–H groups in total. The maximum absolute atomic E-state index is 11.9. The van der Waals surface area contributed by atoms with Crippen molar-refractivity contribution in [1.29, 1.82) is 0 Å². The van der Waals surface area contributed by atoms with Crippen molar-refractivity contribution in [3.05, 3.63) is 34.9 Å². The van der Waals surface area contributed by atoms with E-state index in [4.69, 9.17) is 11.6 Å². The minimum absolute atomic E-state index is 0.0456. The smallest absolute Gasteiger partial charge is 0.230 e. The Morgan fingerprint density at radius 1 is 1.29 bits per heavy atom. The lowest BCUT2D eigenvalue weighted by Gasteiger charge is -2.20. The van der Waals surface area contributed by atoms with Gasteiger partial charge in [0.25, 0.3) is 0 Å². The lowest BCUT2D eigenvalue weighted by Crippen LogP contribution is -2.34. The van der Waals surface area contributed by atoms with E-state index in [2.05, 4.69) is 5.32 Å². The van der Waals surface area contributed by atoms with E-state index in [0.717, 1.165) is 55.1 Å². The predicted molar refractivity (Wildman–Crippen MR) is 100 cm³/mol. The molecule has 1 aliphatic rings. The first-order chi connectivity index (χ1) is 11.6. The molecule has 1 aliphatic heterocycles. The second-order valence-corrected chi connectivity index (χ2v) is 7.44. The Bertz CT molecular complexity index is 554. The van der Waals surface area contributed by atoms with Crippen LogP contribution in [0.1, 0.15) is 37.7 Å². The van der Waals surface area contributed by atoms with Gasteiger partial charge in [0.2, 0.25) is 11.8 Å². The summed E-state index contributed by atoms with van der Waals surface area (Å²) < 4.78 is 0. The Hall–Kier alpha value is -1.20. The van der Waals surface area contributed by atoms with E-state index in [0.29, 0.717) is 18.7 Å². The van der Waals surface area contributed by atoms with Crippen molar-refractivity contribution in [3.8, 4) is 0 Å². The van der Waals surface area contributed by atoms with Gasteiger partial charge in [0.15, 0.2) is 0 Å². The maximum Gasteiger partial charge on any atom is 0.230 e. The molecule has 0 radical (unpaired) electrons. The summed E-state index contributed by atoms with van der Waals surface area (Å²) in [7, 11) is 0. The first-order valence-corrected chi connectivity index (χ1v) is 10.0. The molecule has 6 heteroatoms. The van der Waals surface area contributed by atoms with Crippen LogP contribution in [0.5, 0.6) is 0 Å². The van der Waals surface area contributed by atoms with E-state index in [1.165, 1.54) is 0 Å².